The van der Waals surface area contributed by atoms with Gasteiger partial charge < -0.3 is 48.8 Å². The lowest BCUT2D eigenvalue weighted by Gasteiger charge is -2.44. The predicted octanol–water partition coefficient (Wildman–Crippen LogP) is -2.04. The van der Waals surface area contributed by atoms with Gasteiger partial charge in [0.15, 0.2) is 6.29 Å². The number of aliphatic hydroxyl groups excluding tert-OH is 4. The molecule has 2 aliphatic rings. The summed E-state index contributed by atoms with van der Waals surface area (Å²) in [4.78, 5) is 36.0. The zero-order chi connectivity index (χ0) is 24.9. The fourth-order valence-electron chi connectivity index (χ4n) is 3.87. The molecule has 0 spiro atoms. The van der Waals surface area contributed by atoms with Gasteiger partial charge in [-0.2, -0.15) is 0 Å². The molecule has 188 valence electrons. The molecule has 0 aromatic carbocycles. The third kappa shape index (κ3) is 6.19. The second kappa shape index (κ2) is 11.7. The fraction of sp³-hybridized carbons (Fsp3) is 0.750. The Morgan fingerprint density at radius 2 is 1.73 bits per heavy atom. The van der Waals surface area contributed by atoms with E-state index in [4.69, 9.17) is 28.4 Å². The van der Waals surface area contributed by atoms with Gasteiger partial charge in [-0.1, -0.05) is 0 Å². The Hall–Kier alpha value is -2.29. The van der Waals surface area contributed by atoms with Crippen molar-refractivity contribution in [2.24, 2.45) is 11.8 Å². The minimum Gasteiger partial charge on any atom is -0.471 e. The molecule has 0 amide bonds. The topological polar surface area (TPSA) is 188 Å². The van der Waals surface area contributed by atoms with E-state index in [1.54, 1.807) is 0 Å². The lowest BCUT2D eigenvalue weighted by Crippen LogP contribution is -2.60. The summed E-state index contributed by atoms with van der Waals surface area (Å²) in [6.07, 6.45) is -9.51. The monoisotopic (exact) mass is 478 g/mol. The largest absolute Gasteiger partial charge is 0.471 e. The van der Waals surface area contributed by atoms with E-state index in [9.17, 15) is 34.8 Å². The first-order chi connectivity index (χ1) is 15.5. The molecule has 2 aliphatic heterocycles. The maximum atomic E-state index is 12.3. The number of carbonyl (C=O) groups is 3. The Kier molecular flexibility index (Phi) is 9.57. The molecule has 4 N–H and O–H groups in total. The van der Waals surface area contributed by atoms with Gasteiger partial charge in [0.05, 0.1) is 45.0 Å². The zero-order valence-corrected chi connectivity index (χ0v) is 18.7. The molecule has 2 heterocycles. The van der Waals surface area contributed by atoms with Gasteiger partial charge in [-0.05, 0) is 6.92 Å². The van der Waals surface area contributed by atoms with E-state index in [0.717, 1.165) is 20.5 Å². The fourth-order valence-corrected chi connectivity index (χ4v) is 3.87. The summed E-state index contributed by atoms with van der Waals surface area (Å²) in [5, 5.41) is 39.7. The van der Waals surface area contributed by atoms with Gasteiger partial charge >= 0.3 is 17.9 Å². The second-order valence-corrected chi connectivity index (χ2v) is 7.68. The molecule has 0 bridgehead atoms. The van der Waals surface area contributed by atoms with Crippen molar-refractivity contribution < 1.29 is 63.2 Å². The number of ether oxygens (including phenoxy) is 6. The summed E-state index contributed by atoms with van der Waals surface area (Å²) in [5.41, 5.74) is -0.0412. The standard InChI is InChI=1S/C20H30O13/c1-8(31-9(2)22)14-10(5-13(23)28-3)11(18(27)29-4)7-30-19(14)33-20-17(26)16(25)15(24)12(6-21)32-20/h7-8,10,12,14-17,19-21,24-26H,5-6H2,1-4H3/t8-,10-,12-,14-,15-,16+,17-,19+,20+/m1/s1. The number of methoxy groups -OCH3 is 2. The van der Waals surface area contributed by atoms with E-state index in [2.05, 4.69) is 0 Å². The van der Waals surface area contributed by atoms with Gasteiger partial charge in [0, 0.05) is 12.8 Å². The van der Waals surface area contributed by atoms with Gasteiger partial charge in [0.2, 0.25) is 6.29 Å². The van der Waals surface area contributed by atoms with Crippen LogP contribution in [0.3, 0.4) is 0 Å². The Balaban J connectivity index is 2.41. The Morgan fingerprint density at radius 1 is 1.06 bits per heavy atom. The maximum Gasteiger partial charge on any atom is 0.337 e. The molecule has 0 aromatic heterocycles. The van der Waals surface area contributed by atoms with Gasteiger partial charge in [-0.15, -0.1) is 0 Å². The SMILES string of the molecule is COC(=O)C[C@@H]1C(C(=O)OC)=CO[C@@H](O[C@@H]2O[C@H](CO)[C@@H](O)[C@H](O)[C@H]2O)[C@@H]1[C@@H](C)OC(C)=O. The number of esters is 3. The van der Waals surface area contributed by atoms with Crippen LogP contribution in [0.4, 0.5) is 0 Å². The van der Waals surface area contributed by atoms with Crippen molar-refractivity contribution >= 4 is 17.9 Å². The molecule has 2 rings (SSSR count). The van der Waals surface area contributed by atoms with Gasteiger partial charge in [0.1, 0.15) is 30.5 Å². The number of carbonyl (C=O) groups excluding carboxylic acids is 3. The molecule has 13 heteroatoms. The molecule has 1 fully saturated rings. The molecule has 0 saturated carbocycles. The van der Waals surface area contributed by atoms with Crippen molar-refractivity contribution in [3.05, 3.63) is 11.8 Å². The highest BCUT2D eigenvalue weighted by Crippen LogP contribution is 2.39. The highest BCUT2D eigenvalue weighted by molar-refractivity contribution is 5.90. The molecule has 0 aromatic rings. The van der Waals surface area contributed by atoms with Crippen molar-refractivity contribution in [3.63, 3.8) is 0 Å². The second-order valence-electron chi connectivity index (χ2n) is 7.68. The van der Waals surface area contributed by atoms with Crippen LogP contribution in [-0.4, -0.2) is 102 Å². The first-order valence-electron chi connectivity index (χ1n) is 10.2. The number of hydrogen-bond donors (Lipinski definition) is 4. The van der Waals surface area contributed by atoms with Crippen molar-refractivity contribution in [2.75, 3.05) is 20.8 Å². The smallest absolute Gasteiger partial charge is 0.337 e. The van der Waals surface area contributed by atoms with Crippen LogP contribution < -0.4 is 0 Å². The van der Waals surface area contributed by atoms with E-state index < -0.39 is 79.5 Å². The van der Waals surface area contributed by atoms with Gasteiger partial charge in [0.25, 0.3) is 0 Å². The molecular weight excluding hydrogens is 448 g/mol. The molecular formula is C20H30O13. The van der Waals surface area contributed by atoms with Crippen LogP contribution in [0, 0.1) is 11.8 Å². The van der Waals surface area contributed by atoms with Crippen molar-refractivity contribution in [1.82, 2.24) is 0 Å². The lowest BCUT2D eigenvalue weighted by molar-refractivity contribution is -0.345. The average molecular weight is 478 g/mol. The minimum atomic E-state index is -1.74. The van der Waals surface area contributed by atoms with Gasteiger partial charge in [-0.3, -0.25) is 9.59 Å². The molecule has 13 nitrogen and oxygen atoms in total. The first-order valence-corrected chi connectivity index (χ1v) is 10.2. The summed E-state index contributed by atoms with van der Waals surface area (Å²) in [5.74, 6) is -4.08. The summed E-state index contributed by atoms with van der Waals surface area (Å²) in [7, 11) is 2.30. The molecule has 9 atom stereocenters. The van der Waals surface area contributed by atoms with Crippen LogP contribution in [-0.2, 0) is 42.8 Å². The summed E-state index contributed by atoms with van der Waals surface area (Å²) in [6, 6.07) is 0. The lowest BCUT2D eigenvalue weighted by atomic mass is 9.78. The quantitative estimate of drug-likeness (QED) is 0.221. The predicted molar refractivity (Wildman–Crippen MR) is 105 cm³/mol. The molecule has 33 heavy (non-hydrogen) atoms. The van der Waals surface area contributed by atoms with E-state index >= 15 is 0 Å². The highest BCUT2D eigenvalue weighted by Gasteiger charge is 2.50. The minimum absolute atomic E-state index is 0.0412. The van der Waals surface area contributed by atoms with Gasteiger partial charge in [-0.25, -0.2) is 4.79 Å². The third-order valence-corrected chi connectivity index (χ3v) is 5.55. The first kappa shape index (κ1) is 27.0. The van der Waals surface area contributed by atoms with E-state index in [-0.39, 0.29) is 12.0 Å². The van der Waals surface area contributed by atoms with Crippen LogP contribution in [0.5, 0.6) is 0 Å². The number of aliphatic hydroxyl groups is 4. The van der Waals surface area contributed by atoms with Crippen LogP contribution in [0.25, 0.3) is 0 Å². The molecule has 0 aliphatic carbocycles. The number of rotatable bonds is 8. The van der Waals surface area contributed by atoms with Crippen LogP contribution in [0.1, 0.15) is 20.3 Å². The van der Waals surface area contributed by atoms with Crippen LogP contribution in [0.2, 0.25) is 0 Å². The van der Waals surface area contributed by atoms with E-state index in [1.165, 1.54) is 13.8 Å². The Bertz CT molecular complexity index is 735. The van der Waals surface area contributed by atoms with Crippen molar-refractivity contribution in [1.29, 1.82) is 0 Å². The van der Waals surface area contributed by atoms with Crippen molar-refractivity contribution in [2.45, 2.75) is 63.4 Å². The average Bonchev–Trinajstić information content (AvgIpc) is 2.78. The summed E-state index contributed by atoms with van der Waals surface area (Å²) >= 11 is 0. The Labute approximate surface area is 189 Å². The third-order valence-electron chi connectivity index (χ3n) is 5.55. The van der Waals surface area contributed by atoms with Crippen LogP contribution in [0.15, 0.2) is 11.8 Å². The van der Waals surface area contributed by atoms with E-state index in [0.29, 0.717) is 0 Å². The summed E-state index contributed by atoms with van der Waals surface area (Å²) in [6.45, 7) is 1.98. The summed E-state index contributed by atoms with van der Waals surface area (Å²) < 4.78 is 31.3. The Morgan fingerprint density at radius 3 is 2.27 bits per heavy atom. The van der Waals surface area contributed by atoms with E-state index in [1.807, 2.05) is 0 Å². The number of hydrogen-bond acceptors (Lipinski definition) is 13. The zero-order valence-electron chi connectivity index (χ0n) is 18.7. The van der Waals surface area contributed by atoms with Crippen LogP contribution >= 0.6 is 0 Å². The molecule has 0 unspecified atom stereocenters. The maximum absolute atomic E-state index is 12.3. The molecule has 0 radical (unpaired) electrons. The van der Waals surface area contributed by atoms with Crippen molar-refractivity contribution in [3.8, 4) is 0 Å². The molecule has 1 saturated heterocycles. The normalized spacial score (nSPS) is 35.0. The highest BCUT2D eigenvalue weighted by atomic mass is 16.8.